The molecule has 3 unspecified atom stereocenters. The number of hydrogen-bond donors (Lipinski definition) is 3. The SMILES string of the molecule is CC1CC=C(NCc2ccccc2)N=C2NNC3C2=C1N(Cc1ccccc1)CC3C(=O)N(C)C1CCCCC1. The van der Waals surface area contributed by atoms with E-state index in [0.717, 1.165) is 43.0 Å². The van der Waals surface area contributed by atoms with Gasteiger partial charge in [0.1, 0.15) is 11.7 Å². The van der Waals surface area contributed by atoms with Gasteiger partial charge in [-0.25, -0.2) is 10.4 Å². The van der Waals surface area contributed by atoms with Gasteiger partial charge in [-0.1, -0.05) is 86.8 Å². The lowest BCUT2D eigenvalue weighted by Gasteiger charge is -2.43. The Morgan fingerprint density at radius 3 is 2.45 bits per heavy atom. The van der Waals surface area contributed by atoms with Gasteiger partial charge in [-0.3, -0.25) is 4.79 Å². The van der Waals surface area contributed by atoms with Crippen LogP contribution >= 0.6 is 0 Å². The van der Waals surface area contributed by atoms with Gasteiger partial charge in [0.25, 0.3) is 0 Å². The number of aliphatic imine (C=N–C) groups is 1. The number of rotatable bonds is 7. The molecule has 3 N–H and O–H groups in total. The molecule has 2 aromatic carbocycles. The van der Waals surface area contributed by atoms with Crippen molar-refractivity contribution >= 4 is 11.7 Å². The zero-order valence-electron chi connectivity index (χ0n) is 23.8. The molecule has 40 heavy (non-hydrogen) atoms. The van der Waals surface area contributed by atoms with Gasteiger partial charge in [-0.05, 0) is 36.5 Å². The van der Waals surface area contributed by atoms with Gasteiger partial charge in [0.15, 0.2) is 0 Å². The number of nitrogens with zero attached hydrogens (tertiary/aromatic N) is 3. The Hall–Kier alpha value is -3.58. The second kappa shape index (κ2) is 11.9. The summed E-state index contributed by atoms with van der Waals surface area (Å²) in [5.74, 6) is 2.04. The van der Waals surface area contributed by atoms with Crippen molar-refractivity contribution in [3.63, 3.8) is 0 Å². The number of hydrogen-bond acceptors (Lipinski definition) is 6. The van der Waals surface area contributed by atoms with Gasteiger partial charge in [0, 0.05) is 49.9 Å². The predicted molar refractivity (Wildman–Crippen MR) is 160 cm³/mol. The van der Waals surface area contributed by atoms with Crippen molar-refractivity contribution in [3.05, 3.63) is 95.0 Å². The standard InChI is InChI=1S/C33H42N6O/c1-23-18-19-28(34-20-24-12-6-3-7-13-24)35-32-29-30(36-37-32)27(33(40)38(2)26-16-10-5-11-17-26)22-39(31(23)29)21-25-14-8-4-9-15-25/h3-4,6-9,12-15,19,23,26-27,30,34,36H,5,10-11,16-18,20-22H2,1-2H3,(H,35,37). The molecule has 6 rings (SSSR count). The minimum atomic E-state index is -0.189. The molecule has 3 atom stereocenters. The second-order valence-electron chi connectivity index (χ2n) is 11.8. The highest BCUT2D eigenvalue weighted by Crippen LogP contribution is 2.38. The summed E-state index contributed by atoms with van der Waals surface area (Å²) in [7, 11) is 2.02. The molecule has 0 aromatic heterocycles. The number of carbonyl (C=O) groups is 1. The smallest absolute Gasteiger partial charge is 0.229 e. The van der Waals surface area contributed by atoms with Gasteiger partial charge in [0.05, 0.1) is 12.0 Å². The molecular weight excluding hydrogens is 496 g/mol. The molecule has 0 spiro atoms. The third-order valence-corrected chi connectivity index (χ3v) is 9.03. The molecule has 1 saturated carbocycles. The van der Waals surface area contributed by atoms with Crippen molar-refractivity contribution < 1.29 is 4.79 Å². The van der Waals surface area contributed by atoms with Gasteiger partial charge in [-0.15, -0.1) is 0 Å². The fraction of sp³-hybridized carbons (Fsp3) is 0.455. The first-order valence-electron chi connectivity index (χ1n) is 15.0. The van der Waals surface area contributed by atoms with Crippen molar-refractivity contribution in [1.29, 1.82) is 0 Å². The Kier molecular flexibility index (Phi) is 7.91. The third-order valence-electron chi connectivity index (χ3n) is 9.03. The molecule has 2 fully saturated rings. The Bertz CT molecular complexity index is 1280. The fourth-order valence-electron chi connectivity index (χ4n) is 6.84. The van der Waals surface area contributed by atoms with Crippen LogP contribution in [0.5, 0.6) is 0 Å². The fourth-order valence-corrected chi connectivity index (χ4v) is 6.84. The average Bonchev–Trinajstić information content (AvgIpc) is 3.40. The molecule has 1 saturated heterocycles. The highest BCUT2D eigenvalue weighted by Gasteiger charge is 2.47. The molecule has 210 valence electrons. The summed E-state index contributed by atoms with van der Waals surface area (Å²) >= 11 is 0. The van der Waals surface area contributed by atoms with Crippen molar-refractivity contribution in [1.82, 2.24) is 26.0 Å². The van der Waals surface area contributed by atoms with Crippen LogP contribution in [-0.4, -0.2) is 47.2 Å². The summed E-state index contributed by atoms with van der Waals surface area (Å²) in [6.45, 7) is 4.50. The largest absolute Gasteiger partial charge is 0.369 e. The number of benzene rings is 2. The van der Waals surface area contributed by atoms with Crippen LogP contribution in [0.1, 0.15) is 56.6 Å². The van der Waals surface area contributed by atoms with Crippen LogP contribution in [0.3, 0.4) is 0 Å². The van der Waals surface area contributed by atoms with Crippen LogP contribution in [0.15, 0.2) is 88.8 Å². The topological polar surface area (TPSA) is 72.0 Å². The Morgan fingerprint density at radius 1 is 1.02 bits per heavy atom. The van der Waals surface area contributed by atoms with Crippen molar-refractivity contribution in [2.75, 3.05) is 13.6 Å². The summed E-state index contributed by atoms with van der Waals surface area (Å²) < 4.78 is 0. The van der Waals surface area contributed by atoms with E-state index in [9.17, 15) is 4.79 Å². The first-order chi connectivity index (χ1) is 19.6. The van der Waals surface area contributed by atoms with E-state index >= 15 is 0 Å². The van der Waals surface area contributed by atoms with E-state index in [1.165, 1.54) is 36.1 Å². The number of amidine groups is 1. The first kappa shape index (κ1) is 26.6. The van der Waals surface area contributed by atoms with E-state index < -0.39 is 0 Å². The number of nitrogens with one attached hydrogen (secondary N) is 3. The van der Waals surface area contributed by atoms with Gasteiger partial charge in [0.2, 0.25) is 5.91 Å². The highest BCUT2D eigenvalue weighted by atomic mass is 16.2. The Labute approximate surface area is 238 Å². The maximum atomic E-state index is 14.2. The molecule has 3 heterocycles. The molecule has 2 aromatic rings. The molecule has 4 aliphatic rings. The highest BCUT2D eigenvalue weighted by molar-refractivity contribution is 6.04. The Morgan fingerprint density at radius 2 is 1.73 bits per heavy atom. The van der Waals surface area contributed by atoms with Gasteiger partial charge < -0.3 is 20.5 Å². The molecule has 1 aliphatic carbocycles. The number of amides is 1. The Balaban J connectivity index is 1.33. The van der Waals surface area contributed by atoms with Crippen LogP contribution in [0.4, 0.5) is 0 Å². The minimum absolute atomic E-state index is 0.102. The summed E-state index contributed by atoms with van der Waals surface area (Å²) in [6, 6.07) is 21.3. The number of allylic oxidation sites excluding steroid dienone is 2. The maximum Gasteiger partial charge on any atom is 0.229 e. The second-order valence-corrected chi connectivity index (χ2v) is 11.8. The zero-order valence-corrected chi connectivity index (χ0v) is 23.8. The number of hydrazine groups is 1. The van der Waals surface area contributed by atoms with Gasteiger partial charge >= 0.3 is 0 Å². The molecule has 0 bridgehead atoms. The quantitative estimate of drug-likeness (QED) is 0.476. The van der Waals surface area contributed by atoms with Crippen molar-refractivity contribution in [3.8, 4) is 0 Å². The normalized spacial score (nSPS) is 24.8. The van der Waals surface area contributed by atoms with Crippen LogP contribution < -0.4 is 16.2 Å². The average molecular weight is 539 g/mol. The predicted octanol–water partition coefficient (Wildman–Crippen LogP) is 4.71. The summed E-state index contributed by atoms with van der Waals surface area (Å²) in [4.78, 5) is 23.8. The first-order valence-corrected chi connectivity index (χ1v) is 15.0. The van der Waals surface area contributed by atoms with Crippen LogP contribution in [0.25, 0.3) is 0 Å². The maximum absolute atomic E-state index is 14.2. The molecule has 3 aliphatic heterocycles. The van der Waals surface area contributed by atoms with Gasteiger partial charge in [-0.2, -0.15) is 0 Å². The lowest BCUT2D eigenvalue weighted by molar-refractivity contribution is -0.138. The van der Waals surface area contributed by atoms with E-state index in [-0.39, 0.29) is 23.8 Å². The lowest BCUT2D eigenvalue weighted by Crippen LogP contribution is -2.55. The van der Waals surface area contributed by atoms with E-state index in [4.69, 9.17) is 4.99 Å². The summed E-state index contributed by atoms with van der Waals surface area (Å²) in [5, 5.41) is 3.55. The van der Waals surface area contributed by atoms with Crippen LogP contribution in [0, 0.1) is 11.8 Å². The molecule has 7 heteroatoms. The molecule has 7 nitrogen and oxygen atoms in total. The van der Waals surface area contributed by atoms with E-state index in [0.29, 0.717) is 19.1 Å². The summed E-state index contributed by atoms with van der Waals surface area (Å²) in [5.41, 5.74) is 11.8. The van der Waals surface area contributed by atoms with Crippen LogP contribution in [-0.2, 0) is 17.9 Å². The van der Waals surface area contributed by atoms with Crippen molar-refractivity contribution in [2.45, 2.75) is 70.6 Å². The van der Waals surface area contributed by atoms with E-state index in [1.54, 1.807) is 0 Å². The minimum Gasteiger partial charge on any atom is -0.369 e. The number of carbonyl (C=O) groups excluding carboxylic acids is 1. The lowest BCUT2D eigenvalue weighted by atomic mass is 9.81. The zero-order chi connectivity index (χ0) is 27.5. The summed E-state index contributed by atoms with van der Waals surface area (Å²) in [6.07, 6.45) is 9.02. The molecule has 1 amide bonds. The van der Waals surface area contributed by atoms with Crippen molar-refractivity contribution in [2.24, 2.45) is 16.8 Å². The van der Waals surface area contributed by atoms with Crippen LogP contribution in [0.2, 0.25) is 0 Å². The van der Waals surface area contributed by atoms with E-state index in [1.807, 2.05) is 13.1 Å². The monoisotopic (exact) mass is 538 g/mol. The third kappa shape index (κ3) is 5.52. The molecular formula is C33H42N6O. The molecule has 0 radical (unpaired) electrons. The van der Waals surface area contributed by atoms with E-state index in [2.05, 4.69) is 93.6 Å².